The largest absolute Gasteiger partial charge is 0.380 e. The summed E-state index contributed by atoms with van der Waals surface area (Å²) in [5.74, 6) is 0.332. The van der Waals surface area contributed by atoms with Crippen molar-refractivity contribution in [3.63, 3.8) is 0 Å². The van der Waals surface area contributed by atoms with Crippen LogP contribution in [0.4, 0.5) is 11.5 Å². The monoisotopic (exact) mass is 354 g/mol. The summed E-state index contributed by atoms with van der Waals surface area (Å²) < 4.78 is 0. The highest BCUT2D eigenvalue weighted by atomic mass is 16.1. The third-order valence-electron chi connectivity index (χ3n) is 4.24. The summed E-state index contributed by atoms with van der Waals surface area (Å²) in [6.45, 7) is 0.612. The van der Waals surface area contributed by atoms with Crippen LogP contribution in [-0.2, 0) is 6.54 Å². The van der Waals surface area contributed by atoms with Gasteiger partial charge in [0.25, 0.3) is 5.91 Å². The van der Waals surface area contributed by atoms with Crippen LogP contribution in [-0.4, -0.2) is 15.9 Å². The molecule has 0 bridgehead atoms. The van der Waals surface area contributed by atoms with E-state index in [4.69, 9.17) is 0 Å². The van der Waals surface area contributed by atoms with Crippen molar-refractivity contribution in [2.45, 2.75) is 6.54 Å². The number of para-hydroxylation sites is 2. The van der Waals surface area contributed by atoms with Gasteiger partial charge in [-0.2, -0.15) is 0 Å². The average Bonchev–Trinajstić information content (AvgIpc) is 2.73. The molecular weight excluding hydrogens is 336 g/mol. The molecule has 0 unspecified atom stereocenters. The molecule has 5 nitrogen and oxygen atoms in total. The van der Waals surface area contributed by atoms with E-state index in [1.54, 1.807) is 18.5 Å². The lowest BCUT2D eigenvalue weighted by Gasteiger charge is -2.12. The Hall–Kier alpha value is -3.73. The highest BCUT2D eigenvalue weighted by Crippen LogP contribution is 2.19. The van der Waals surface area contributed by atoms with Crippen LogP contribution in [0.15, 0.2) is 85.2 Å². The van der Waals surface area contributed by atoms with Gasteiger partial charge < -0.3 is 10.6 Å². The topological polar surface area (TPSA) is 66.9 Å². The normalized spacial score (nSPS) is 10.5. The van der Waals surface area contributed by atoms with Crippen molar-refractivity contribution in [1.29, 1.82) is 0 Å². The van der Waals surface area contributed by atoms with E-state index in [1.165, 1.54) is 0 Å². The fraction of sp³-hybridized carbons (Fsp3) is 0.0455. The number of pyridine rings is 2. The van der Waals surface area contributed by atoms with Crippen LogP contribution in [0, 0.1) is 0 Å². The Kier molecular flexibility index (Phi) is 4.74. The maximum absolute atomic E-state index is 12.8. The molecule has 0 fully saturated rings. The number of benzene rings is 2. The molecule has 0 atom stereocenters. The second-order valence-corrected chi connectivity index (χ2v) is 6.10. The molecular formula is C22H18N4O. The fourth-order valence-corrected chi connectivity index (χ4v) is 2.85. The molecule has 1 amide bonds. The average molecular weight is 354 g/mol. The van der Waals surface area contributed by atoms with Gasteiger partial charge in [-0.05, 0) is 48.0 Å². The van der Waals surface area contributed by atoms with Gasteiger partial charge in [-0.3, -0.25) is 9.78 Å². The van der Waals surface area contributed by atoms with E-state index < -0.39 is 0 Å². The van der Waals surface area contributed by atoms with Crippen LogP contribution in [0.2, 0.25) is 0 Å². The molecule has 0 aliphatic heterocycles. The standard InChI is InChI=1S/C22H18N4O/c27-22(26-21-10-9-17-5-1-3-7-19(17)25-21)18-6-2-4-8-20(18)24-15-16-11-13-23-14-12-16/h1-14,24H,15H2,(H,25,26,27). The van der Waals surface area contributed by atoms with Gasteiger partial charge in [0.2, 0.25) is 0 Å². The van der Waals surface area contributed by atoms with Crippen LogP contribution in [0.3, 0.4) is 0 Å². The third kappa shape index (κ3) is 3.93. The van der Waals surface area contributed by atoms with Gasteiger partial charge in [0.05, 0.1) is 11.1 Å². The van der Waals surface area contributed by atoms with Crippen molar-refractivity contribution >= 4 is 28.3 Å². The first kappa shape index (κ1) is 16.7. The minimum atomic E-state index is -0.199. The minimum Gasteiger partial charge on any atom is -0.380 e. The Morgan fingerprint density at radius 1 is 0.852 bits per heavy atom. The van der Waals surface area contributed by atoms with Gasteiger partial charge >= 0.3 is 0 Å². The molecule has 27 heavy (non-hydrogen) atoms. The molecule has 2 aromatic heterocycles. The highest BCUT2D eigenvalue weighted by Gasteiger charge is 2.12. The highest BCUT2D eigenvalue weighted by molar-refractivity contribution is 6.07. The molecule has 0 radical (unpaired) electrons. The van der Waals surface area contributed by atoms with Crippen LogP contribution in [0.1, 0.15) is 15.9 Å². The number of nitrogens with zero attached hydrogens (tertiary/aromatic N) is 2. The summed E-state index contributed by atoms with van der Waals surface area (Å²) in [4.78, 5) is 21.3. The van der Waals surface area contributed by atoms with Crippen LogP contribution in [0.25, 0.3) is 10.9 Å². The van der Waals surface area contributed by atoms with E-state index in [2.05, 4.69) is 20.6 Å². The van der Waals surface area contributed by atoms with E-state index in [0.717, 1.165) is 22.2 Å². The number of aromatic nitrogens is 2. The SMILES string of the molecule is O=C(Nc1ccc2ccccc2n1)c1ccccc1NCc1ccncc1. The number of carbonyl (C=O) groups excluding carboxylic acids is 1. The van der Waals surface area contributed by atoms with Crippen LogP contribution >= 0.6 is 0 Å². The Balaban J connectivity index is 1.52. The maximum atomic E-state index is 12.8. The summed E-state index contributed by atoms with van der Waals surface area (Å²) >= 11 is 0. The van der Waals surface area contributed by atoms with Gasteiger partial charge in [-0.25, -0.2) is 4.98 Å². The Morgan fingerprint density at radius 3 is 2.52 bits per heavy atom. The van der Waals surface area contributed by atoms with Gasteiger partial charge in [0.1, 0.15) is 5.82 Å². The van der Waals surface area contributed by atoms with Crippen molar-refractivity contribution in [1.82, 2.24) is 9.97 Å². The lowest BCUT2D eigenvalue weighted by Crippen LogP contribution is -2.15. The lowest BCUT2D eigenvalue weighted by atomic mass is 10.1. The molecule has 2 heterocycles. The first-order valence-corrected chi connectivity index (χ1v) is 8.68. The minimum absolute atomic E-state index is 0.199. The number of anilines is 2. The second-order valence-electron chi connectivity index (χ2n) is 6.10. The Morgan fingerprint density at radius 2 is 1.63 bits per heavy atom. The van der Waals surface area contributed by atoms with E-state index >= 15 is 0 Å². The zero-order valence-electron chi connectivity index (χ0n) is 14.6. The molecule has 0 saturated heterocycles. The Bertz CT molecular complexity index is 1080. The van der Waals surface area contributed by atoms with Crippen molar-refractivity contribution in [2.75, 3.05) is 10.6 Å². The number of hydrogen-bond acceptors (Lipinski definition) is 4. The van der Waals surface area contributed by atoms with Crippen molar-refractivity contribution in [2.24, 2.45) is 0 Å². The first-order valence-electron chi connectivity index (χ1n) is 8.68. The number of hydrogen-bond donors (Lipinski definition) is 2. The zero-order valence-corrected chi connectivity index (χ0v) is 14.6. The third-order valence-corrected chi connectivity index (χ3v) is 4.24. The molecule has 0 spiro atoms. The molecule has 5 heteroatoms. The van der Waals surface area contributed by atoms with Crippen molar-refractivity contribution in [3.05, 3.63) is 96.3 Å². The summed E-state index contributed by atoms with van der Waals surface area (Å²) in [5.41, 5.74) is 3.28. The molecule has 132 valence electrons. The predicted octanol–water partition coefficient (Wildman–Crippen LogP) is 4.49. The van der Waals surface area contributed by atoms with Gasteiger partial charge in [0, 0.05) is 30.0 Å². The quantitative estimate of drug-likeness (QED) is 0.554. The molecule has 0 aliphatic rings. The zero-order chi connectivity index (χ0) is 18.5. The number of fused-ring (bicyclic) bond motifs is 1. The predicted molar refractivity (Wildman–Crippen MR) is 108 cm³/mol. The number of rotatable bonds is 5. The molecule has 4 aromatic rings. The van der Waals surface area contributed by atoms with E-state index in [1.807, 2.05) is 66.7 Å². The second kappa shape index (κ2) is 7.66. The smallest absolute Gasteiger partial charge is 0.258 e. The Labute approximate surface area is 157 Å². The van der Waals surface area contributed by atoms with Crippen LogP contribution in [0.5, 0.6) is 0 Å². The summed E-state index contributed by atoms with van der Waals surface area (Å²) in [6.07, 6.45) is 3.50. The van der Waals surface area contributed by atoms with Gasteiger partial charge in [-0.15, -0.1) is 0 Å². The maximum Gasteiger partial charge on any atom is 0.258 e. The van der Waals surface area contributed by atoms with Gasteiger partial charge in [-0.1, -0.05) is 30.3 Å². The lowest BCUT2D eigenvalue weighted by molar-refractivity contribution is 0.102. The summed E-state index contributed by atoms with van der Waals surface area (Å²) in [5, 5.41) is 7.24. The van der Waals surface area contributed by atoms with E-state index in [9.17, 15) is 4.79 Å². The first-order chi connectivity index (χ1) is 13.3. The molecule has 4 rings (SSSR count). The number of amides is 1. The molecule has 0 saturated carbocycles. The fourth-order valence-electron chi connectivity index (χ4n) is 2.85. The molecule has 0 aliphatic carbocycles. The molecule has 2 N–H and O–H groups in total. The van der Waals surface area contributed by atoms with Crippen molar-refractivity contribution < 1.29 is 4.79 Å². The summed E-state index contributed by atoms with van der Waals surface area (Å²) in [6, 6.07) is 22.9. The summed E-state index contributed by atoms with van der Waals surface area (Å²) in [7, 11) is 0. The molecule has 2 aromatic carbocycles. The van der Waals surface area contributed by atoms with Gasteiger partial charge in [0.15, 0.2) is 0 Å². The number of carbonyl (C=O) groups is 1. The van der Waals surface area contributed by atoms with Crippen LogP contribution < -0.4 is 10.6 Å². The van der Waals surface area contributed by atoms with Crippen molar-refractivity contribution in [3.8, 4) is 0 Å². The van der Waals surface area contributed by atoms with E-state index in [-0.39, 0.29) is 5.91 Å². The number of nitrogens with one attached hydrogen (secondary N) is 2. The van der Waals surface area contributed by atoms with E-state index in [0.29, 0.717) is 17.9 Å².